The maximum atomic E-state index is 9.53. The lowest BCUT2D eigenvalue weighted by molar-refractivity contribution is 0.285. The zero-order valence-corrected chi connectivity index (χ0v) is 15.0. The fourth-order valence-electron chi connectivity index (χ4n) is 3.71. The Morgan fingerprint density at radius 1 is 0.958 bits per heavy atom. The Hall–Kier alpha value is -2.36. The SMILES string of the molecule is CC(C)(C)CC(C)(C)c1cc(-c2ccc(O)cc2)cc2[nH]nnc12. The maximum absolute atomic E-state index is 9.53. The number of H-pyrrole nitrogens is 1. The average Bonchev–Trinajstić information content (AvgIpc) is 2.92. The van der Waals surface area contributed by atoms with Crippen LogP contribution in [0.2, 0.25) is 0 Å². The van der Waals surface area contributed by atoms with Gasteiger partial charge in [0.15, 0.2) is 0 Å². The summed E-state index contributed by atoms with van der Waals surface area (Å²) < 4.78 is 0. The van der Waals surface area contributed by atoms with Crippen LogP contribution in [0.3, 0.4) is 0 Å². The molecule has 0 aliphatic carbocycles. The third-order valence-electron chi connectivity index (χ3n) is 4.33. The number of aromatic nitrogens is 3. The van der Waals surface area contributed by atoms with Crippen LogP contribution in [0.5, 0.6) is 5.75 Å². The molecule has 0 radical (unpaired) electrons. The summed E-state index contributed by atoms with van der Waals surface area (Å²) in [7, 11) is 0. The summed E-state index contributed by atoms with van der Waals surface area (Å²) in [6, 6.07) is 11.6. The van der Waals surface area contributed by atoms with E-state index in [0.717, 1.165) is 28.6 Å². The number of phenols is 1. The van der Waals surface area contributed by atoms with E-state index in [1.54, 1.807) is 12.1 Å². The van der Waals surface area contributed by atoms with E-state index in [4.69, 9.17) is 0 Å². The lowest BCUT2D eigenvalue weighted by Crippen LogP contribution is -2.25. The molecule has 2 aromatic carbocycles. The van der Waals surface area contributed by atoms with Crippen LogP contribution in [0.25, 0.3) is 22.2 Å². The lowest BCUT2D eigenvalue weighted by Gasteiger charge is -2.33. The summed E-state index contributed by atoms with van der Waals surface area (Å²) in [6.45, 7) is 11.3. The van der Waals surface area contributed by atoms with Gasteiger partial charge in [0, 0.05) is 0 Å². The second-order valence-corrected chi connectivity index (χ2v) is 8.40. The highest BCUT2D eigenvalue weighted by atomic mass is 16.3. The topological polar surface area (TPSA) is 61.8 Å². The van der Waals surface area contributed by atoms with Gasteiger partial charge in [-0.2, -0.15) is 0 Å². The number of phenolic OH excluding ortho intramolecular Hbond substituents is 1. The van der Waals surface area contributed by atoms with E-state index in [0.29, 0.717) is 0 Å². The molecule has 1 aromatic heterocycles. The van der Waals surface area contributed by atoms with Crippen molar-refractivity contribution in [1.82, 2.24) is 15.4 Å². The number of benzene rings is 2. The first-order valence-corrected chi connectivity index (χ1v) is 8.30. The minimum absolute atomic E-state index is 0.0275. The minimum atomic E-state index is -0.0275. The number of fused-ring (bicyclic) bond motifs is 1. The van der Waals surface area contributed by atoms with Crippen LogP contribution in [-0.4, -0.2) is 20.5 Å². The van der Waals surface area contributed by atoms with Crippen molar-refractivity contribution in [3.05, 3.63) is 42.0 Å². The Labute approximate surface area is 142 Å². The first kappa shape index (κ1) is 16.5. The number of hydrogen-bond donors (Lipinski definition) is 2. The number of nitrogens with one attached hydrogen (secondary N) is 1. The maximum Gasteiger partial charge on any atom is 0.116 e. The van der Waals surface area contributed by atoms with E-state index in [2.05, 4.69) is 62.2 Å². The van der Waals surface area contributed by atoms with Gasteiger partial charge in [0.25, 0.3) is 0 Å². The monoisotopic (exact) mass is 323 g/mol. The minimum Gasteiger partial charge on any atom is -0.508 e. The molecule has 3 aromatic rings. The summed E-state index contributed by atoms with van der Waals surface area (Å²) in [5, 5.41) is 20.9. The highest BCUT2D eigenvalue weighted by Gasteiger charge is 2.30. The predicted molar refractivity (Wildman–Crippen MR) is 98.1 cm³/mol. The molecular formula is C20H25N3O. The van der Waals surface area contributed by atoms with Gasteiger partial charge in [-0.1, -0.05) is 52.0 Å². The van der Waals surface area contributed by atoms with Crippen molar-refractivity contribution in [3.63, 3.8) is 0 Å². The first-order chi connectivity index (χ1) is 11.2. The van der Waals surface area contributed by atoms with Crippen LogP contribution in [0.4, 0.5) is 0 Å². The van der Waals surface area contributed by atoms with Crippen molar-refractivity contribution in [1.29, 1.82) is 0 Å². The quantitative estimate of drug-likeness (QED) is 0.709. The van der Waals surface area contributed by atoms with Crippen molar-refractivity contribution < 1.29 is 5.11 Å². The van der Waals surface area contributed by atoms with Crippen LogP contribution in [0.1, 0.15) is 46.6 Å². The first-order valence-electron chi connectivity index (χ1n) is 8.30. The third-order valence-corrected chi connectivity index (χ3v) is 4.33. The van der Waals surface area contributed by atoms with Gasteiger partial charge in [-0.25, -0.2) is 0 Å². The molecule has 0 atom stereocenters. The Balaban J connectivity index is 2.16. The molecule has 4 heteroatoms. The molecule has 0 saturated carbocycles. The Morgan fingerprint density at radius 3 is 2.25 bits per heavy atom. The number of nitrogens with zero attached hydrogens (tertiary/aromatic N) is 2. The van der Waals surface area contributed by atoms with E-state index in [1.807, 2.05) is 12.1 Å². The Morgan fingerprint density at radius 2 is 1.62 bits per heavy atom. The van der Waals surface area contributed by atoms with Gasteiger partial charge in [-0.05, 0) is 58.2 Å². The third kappa shape index (κ3) is 3.28. The molecule has 0 bridgehead atoms. The molecule has 2 N–H and O–H groups in total. The largest absolute Gasteiger partial charge is 0.508 e. The van der Waals surface area contributed by atoms with Crippen LogP contribution in [0.15, 0.2) is 36.4 Å². The van der Waals surface area contributed by atoms with E-state index >= 15 is 0 Å². The molecule has 0 aliphatic rings. The normalized spacial score (nSPS) is 12.7. The molecule has 0 unspecified atom stereocenters. The van der Waals surface area contributed by atoms with Gasteiger partial charge in [-0.3, -0.25) is 5.10 Å². The molecule has 1 heterocycles. The second-order valence-electron chi connectivity index (χ2n) is 8.40. The van der Waals surface area contributed by atoms with Crippen LogP contribution < -0.4 is 0 Å². The summed E-state index contributed by atoms with van der Waals surface area (Å²) in [6.07, 6.45) is 1.04. The highest BCUT2D eigenvalue weighted by Crippen LogP contribution is 2.40. The molecule has 0 spiro atoms. The fraction of sp³-hybridized carbons (Fsp3) is 0.400. The van der Waals surface area contributed by atoms with E-state index in [9.17, 15) is 5.11 Å². The van der Waals surface area contributed by atoms with Gasteiger partial charge in [0.05, 0.1) is 5.52 Å². The zero-order chi connectivity index (χ0) is 17.5. The van der Waals surface area contributed by atoms with Gasteiger partial charge in [0.2, 0.25) is 0 Å². The summed E-state index contributed by atoms with van der Waals surface area (Å²) in [5.74, 6) is 0.274. The van der Waals surface area contributed by atoms with Gasteiger partial charge < -0.3 is 5.11 Å². The second kappa shape index (κ2) is 5.62. The van der Waals surface area contributed by atoms with Gasteiger partial charge in [0.1, 0.15) is 11.3 Å². The van der Waals surface area contributed by atoms with Gasteiger partial charge >= 0.3 is 0 Å². The molecule has 4 nitrogen and oxygen atoms in total. The highest BCUT2D eigenvalue weighted by molar-refractivity contribution is 5.85. The summed E-state index contributed by atoms with van der Waals surface area (Å²) in [5.41, 5.74) is 5.44. The molecule has 24 heavy (non-hydrogen) atoms. The number of hydrogen-bond acceptors (Lipinski definition) is 3. The molecule has 126 valence electrons. The molecule has 0 amide bonds. The average molecular weight is 323 g/mol. The van der Waals surface area contributed by atoms with Crippen LogP contribution in [-0.2, 0) is 5.41 Å². The molecular weight excluding hydrogens is 298 g/mol. The fourth-order valence-corrected chi connectivity index (χ4v) is 3.71. The van der Waals surface area contributed by atoms with Gasteiger partial charge in [-0.15, -0.1) is 5.10 Å². The van der Waals surface area contributed by atoms with Crippen molar-refractivity contribution in [2.75, 3.05) is 0 Å². The lowest BCUT2D eigenvalue weighted by atomic mass is 9.71. The van der Waals surface area contributed by atoms with Crippen LogP contribution >= 0.6 is 0 Å². The van der Waals surface area contributed by atoms with E-state index < -0.39 is 0 Å². The van der Waals surface area contributed by atoms with Crippen molar-refractivity contribution in [2.45, 2.75) is 46.5 Å². The van der Waals surface area contributed by atoms with E-state index in [-0.39, 0.29) is 16.6 Å². The zero-order valence-electron chi connectivity index (χ0n) is 15.0. The molecule has 0 saturated heterocycles. The Bertz CT molecular complexity index is 855. The molecule has 0 fully saturated rings. The number of aromatic amines is 1. The van der Waals surface area contributed by atoms with Crippen LogP contribution in [0, 0.1) is 5.41 Å². The summed E-state index contributed by atoms with van der Waals surface area (Å²) >= 11 is 0. The smallest absolute Gasteiger partial charge is 0.116 e. The molecule has 0 aliphatic heterocycles. The summed E-state index contributed by atoms with van der Waals surface area (Å²) in [4.78, 5) is 0. The van der Waals surface area contributed by atoms with Crippen molar-refractivity contribution in [3.8, 4) is 16.9 Å². The predicted octanol–water partition coefficient (Wildman–Crippen LogP) is 5.04. The Kier molecular flexibility index (Phi) is 3.86. The number of aromatic hydroxyl groups is 1. The van der Waals surface area contributed by atoms with Crippen molar-refractivity contribution in [2.24, 2.45) is 5.41 Å². The van der Waals surface area contributed by atoms with E-state index in [1.165, 1.54) is 5.56 Å². The van der Waals surface area contributed by atoms with Crippen molar-refractivity contribution >= 4 is 11.0 Å². The number of rotatable bonds is 3. The molecule has 3 rings (SSSR count). The standard InChI is InChI=1S/C20H25N3O/c1-19(2,3)12-20(4,5)16-10-14(11-17-18(16)22-23-21-17)13-6-8-15(24)9-7-13/h6-11,24H,12H2,1-5H3,(H,21,22,23).